The molecule has 1 aromatic heterocycles. The van der Waals surface area contributed by atoms with Crippen molar-refractivity contribution in [2.45, 2.75) is 38.1 Å². The standard InChI is InChI=1S/C16H20N2/c1-11-6-7-16(17)14(8-11)15-10-18-9-12-4-2-3-5-13(12)15/h2-5,9-11,14,16H,6-8,17H2,1H3. The molecule has 1 saturated carbocycles. The third kappa shape index (κ3) is 2.01. The van der Waals surface area contributed by atoms with Crippen LogP contribution in [0.25, 0.3) is 10.8 Å². The van der Waals surface area contributed by atoms with E-state index in [1.54, 1.807) is 0 Å². The first-order valence-corrected chi connectivity index (χ1v) is 6.84. The molecule has 3 rings (SSSR count). The predicted molar refractivity (Wildman–Crippen MR) is 75.5 cm³/mol. The molecule has 2 nitrogen and oxygen atoms in total. The Morgan fingerprint density at radius 2 is 2.00 bits per heavy atom. The number of fused-ring (bicyclic) bond motifs is 1. The second kappa shape index (κ2) is 4.69. The van der Waals surface area contributed by atoms with Gasteiger partial charge in [-0.1, -0.05) is 31.2 Å². The highest BCUT2D eigenvalue weighted by molar-refractivity contribution is 5.85. The van der Waals surface area contributed by atoms with Crippen molar-refractivity contribution < 1.29 is 0 Å². The van der Waals surface area contributed by atoms with Crippen molar-refractivity contribution in [2.75, 3.05) is 0 Å². The minimum absolute atomic E-state index is 0.286. The highest BCUT2D eigenvalue weighted by Crippen LogP contribution is 2.37. The van der Waals surface area contributed by atoms with Crippen LogP contribution in [0.1, 0.15) is 37.7 Å². The molecule has 0 saturated heterocycles. The lowest BCUT2D eigenvalue weighted by molar-refractivity contribution is 0.307. The van der Waals surface area contributed by atoms with Crippen LogP contribution in [0.4, 0.5) is 0 Å². The summed E-state index contributed by atoms with van der Waals surface area (Å²) in [7, 11) is 0. The molecule has 2 aromatic rings. The molecule has 1 aliphatic carbocycles. The zero-order valence-electron chi connectivity index (χ0n) is 10.8. The number of benzene rings is 1. The molecule has 1 aliphatic rings. The fraction of sp³-hybridized carbons (Fsp3) is 0.438. The van der Waals surface area contributed by atoms with Gasteiger partial charge in [0.1, 0.15) is 0 Å². The number of pyridine rings is 1. The Morgan fingerprint density at radius 1 is 1.17 bits per heavy atom. The molecule has 94 valence electrons. The minimum Gasteiger partial charge on any atom is -0.327 e. The highest BCUT2D eigenvalue weighted by Gasteiger charge is 2.28. The van der Waals surface area contributed by atoms with Gasteiger partial charge in [-0.2, -0.15) is 0 Å². The normalized spacial score (nSPS) is 28.4. The van der Waals surface area contributed by atoms with Gasteiger partial charge < -0.3 is 5.73 Å². The summed E-state index contributed by atoms with van der Waals surface area (Å²) in [5.74, 6) is 1.24. The summed E-state index contributed by atoms with van der Waals surface area (Å²) < 4.78 is 0. The molecule has 0 bridgehead atoms. The van der Waals surface area contributed by atoms with Gasteiger partial charge in [0.2, 0.25) is 0 Å². The van der Waals surface area contributed by atoms with Crippen LogP contribution in [0.3, 0.4) is 0 Å². The van der Waals surface area contributed by atoms with Crippen molar-refractivity contribution in [3.05, 3.63) is 42.2 Å². The molecule has 18 heavy (non-hydrogen) atoms. The molecule has 1 heterocycles. The SMILES string of the molecule is CC1CCC(N)C(c2cncc3ccccc23)C1. The average Bonchev–Trinajstić information content (AvgIpc) is 2.41. The number of rotatable bonds is 1. The predicted octanol–water partition coefficient (Wildman–Crippen LogP) is 3.47. The zero-order valence-corrected chi connectivity index (χ0v) is 10.8. The molecule has 0 radical (unpaired) electrons. The summed E-state index contributed by atoms with van der Waals surface area (Å²) in [5, 5.41) is 2.54. The van der Waals surface area contributed by atoms with Gasteiger partial charge in [0.15, 0.2) is 0 Å². The number of nitrogens with two attached hydrogens (primary N) is 1. The molecule has 1 aromatic carbocycles. The van der Waals surface area contributed by atoms with E-state index in [0.29, 0.717) is 5.92 Å². The maximum absolute atomic E-state index is 6.34. The third-order valence-corrected chi connectivity index (χ3v) is 4.26. The fourth-order valence-corrected chi connectivity index (χ4v) is 3.20. The van der Waals surface area contributed by atoms with Crippen LogP contribution < -0.4 is 5.73 Å². The largest absolute Gasteiger partial charge is 0.327 e. The summed E-state index contributed by atoms with van der Waals surface area (Å²) in [5.41, 5.74) is 7.68. The van der Waals surface area contributed by atoms with E-state index in [2.05, 4.69) is 36.2 Å². The Labute approximate surface area is 108 Å². The number of hydrogen-bond donors (Lipinski definition) is 1. The van der Waals surface area contributed by atoms with Crippen molar-refractivity contribution >= 4 is 10.8 Å². The van der Waals surface area contributed by atoms with E-state index < -0.39 is 0 Å². The second-order valence-corrected chi connectivity index (χ2v) is 5.64. The van der Waals surface area contributed by atoms with Gasteiger partial charge in [0.25, 0.3) is 0 Å². The van der Waals surface area contributed by atoms with Crippen LogP contribution in [-0.4, -0.2) is 11.0 Å². The lowest BCUT2D eigenvalue weighted by Crippen LogP contribution is -2.34. The van der Waals surface area contributed by atoms with Gasteiger partial charge >= 0.3 is 0 Å². The third-order valence-electron chi connectivity index (χ3n) is 4.26. The molecule has 0 spiro atoms. The first-order chi connectivity index (χ1) is 8.75. The van der Waals surface area contributed by atoms with Gasteiger partial charge in [0, 0.05) is 29.7 Å². The summed E-state index contributed by atoms with van der Waals surface area (Å²) in [6, 6.07) is 8.77. The van der Waals surface area contributed by atoms with E-state index in [1.165, 1.54) is 29.2 Å². The quantitative estimate of drug-likeness (QED) is 0.829. The molecule has 0 amide bonds. The number of nitrogens with zero attached hydrogens (tertiary/aromatic N) is 1. The Kier molecular flexibility index (Phi) is 3.04. The Hall–Kier alpha value is -1.41. The van der Waals surface area contributed by atoms with E-state index in [0.717, 1.165) is 12.3 Å². The molecule has 0 aliphatic heterocycles. The van der Waals surface area contributed by atoms with Gasteiger partial charge in [-0.3, -0.25) is 4.98 Å². The summed E-state index contributed by atoms with van der Waals surface area (Å²) >= 11 is 0. The van der Waals surface area contributed by atoms with Crippen LogP contribution >= 0.6 is 0 Å². The highest BCUT2D eigenvalue weighted by atomic mass is 14.7. The molecule has 2 heteroatoms. The van der Waals surface area contributed by atoms with E-state index in [9.17, 15) is 0 Å². The van der Waals surface area contributed by atoms with Crippen LogP contribution in [0.2, 0.25) is 0 Å². The molecular formula is C16H20N2. The molecule has 3 atom stereocenters. The monoisotopic (exact) mass is 240 g/mol. The van der Waals surface area contributed by atoms with Crippen LogP contribution in [-0.2, 0) is 0 Å². The topological polar surface area (TPSA) is 38.9 Å². The van der Waals surface area contributed by atoms with Crippen molar-refractivity contribution in [1.82, 2.24) is 4.98 Å². The van der Waals surface area contributed by atoms with Crippen LogP contribution in [0, 0.1) is 5.92 Å². The van der Waals surface area contributed by atoms with Crippen LogP contribution in [0.5, 0.6) is 0 Å². The fourth-order valence-electron chi connectivity index (χ4n) is 3.20. The van der Waals surface area contributed by atoms with Crippen molar-refractivity contribution in [2.24, 2.45) is 11.7 Å². The molecule has 1 fully saturated rings. The lowest BCUT2D eigenvalue weighted by atomic mass is 9.75. The second-order valence-electron chi connectivity index (χ2n) is 5.64. The van der Waals surface area contributed by atoms with Gasteiger partial charge in [-0.15, -0.1) is 0 Å². The van der Waals surface area contributed by atoms with Crippen molar-refractivity contribution in [3.63, 3.8) is 0 Å². The summed E-state index contributed by atoms with van der Waals surface area (Å²) in [6.45, 7) is 2.33. The summed E-state index contributed by atoms with van der Waals surface area (Å²) in [4.78, 5) is 4.39. The zero-order chi connectivity index (χ0) is 12.5. The maximum atomic E-state index is 6.34. The molecule has 2 N–H and O–H groups in total. The first-order valence-electron chi connectivity index (χ1n) is 6.84. The van der Waals surface area contributed by atoms with Gasteiger partial charge in [-0.05, 0) is 36.1 Å². The number of hydrogen-bond acceptors (Lipinski definition) is 2. The van der Waals surface area contributed by atoms with Crippen LogP contribution in [0.15, 0.2) is 36.7 Å². The minimum atomic E-state index is 0.286. The van der Waals surface area contributed by atoms with Gasteiger partial charge in [-0.25, -0.2) is 0 Å². The average molecular weight is 240 g/mol. The maximum Gasteiger partial charge on any atom is 0.0346 e. The molecule has 3 unspecified atom stereocenters. The van der Waals surface area contributed by atoms with E-state index in [4.69, 9.17) is 5.73 Å². The number of aromatic nitrogens is 1. The Balaban J connectivity index is 2.07. The van der Waals surface area contributed by atoms with E-state index in [-0.39, 0.29) is 6.04 Å². The van der Waals surface area contributed by atoms with E-state index in [1.807, 2.05) is 12.4 Å². The van der Waals surface area contributed by atoms with Crippen molar-refractivity contribution in [1.29, 1.82) is 0 Å². The smallest absolute Gasteiger partial charge is 0.0346 e. The summed E-state index contributed by atoms with van der Waals surface area (Å²) in [6.07, 6.45) is 7.54. The lowest BCUT2D eigenvalue weighted by Gasteiger charge is -2.33. The molecular weight excluding hydrogens is 220 g/mol. The first kappa shape index (κ1) is 11.7. The van der Waals surface area contributed by atoms with Crippen molar-refractivity contribution in [3.8, 4) is 0 Å². The van der Waals surface area contributed by atoms with E-state index >= 15 is 0 Å². The Morgan fingerprint density at radius 3 is 2.89 bits per heavy atom. The van der Waals surface area contributed by atoms with Gasteiger partial charge in [0.05, 0.1) is 0 Å². The Bertz CT molecular complexity index is 544.